The molecule has 1 fully saturated rings. The Balaban J connectivity index is 1.99. The van der Waals surface area contributed by atoms with E-state index in [1.165, 1.54) is 32.1 Å². The SMILES string of the molecule is Cc1cc(CN2CCCCCCC2)oc1C(=O)O. The molecular formula is C14H21NO3. The lowest BCUT2D eigenvalue weighted by Crippen LogP contribution is -2.26. The molecule has 18 heavy (non-hydrogen) atoms. The van der Waals surface area contributed by atoms with E-state index in [0.717, 1.165) is 25.4 Å². The molecular weight excluding hydrogens is 230 g/mol. The zero-order valence-electron chi connectivity index (χ0n) is 10.9. The van der Waals surface area contributed by atoms with Crippen LogP contribution in [0.25, 0.3) is 0 Å². The Labute approximate surface area is 108 Å². The summed E-state index contributed by atoms with van der Waals surface area (Å²) in [6.07, 6.45) is 6.40. The standard InChI is InChI=1S/C14H21NO3/c1-11-9-12(18-13(11)14(16)17)10-15-7-5-3-2-4-6-8-15/h9H,2-8,10H2,1H3,(H,16,17). The van der Waals surface area contributed by atoms with E-state index in [1.807, 2.05) is 6.07 Å². The molecule has 100 valence electrons. The van der Waals surface area contributed by atoms with Gasteiger partial charge in [-0.2, -0.15) is 0 Å². The van der Waals surface area contributed by atoms with Crippen LogP contribution in [0.2, 0.25) is 0 Å². The molecule has 1 saturated heterocycles. The van der Waals surface area contributed by atoms with E-state index >= 15 is 0 Å². The number of nitrogens with zero attached hydrogens (tertiary/aromatic N) is 1. The molecule has 1 aromatic heterocycles. The zero-order chi connectivity index (χ0) is 13.0. The summed E-state index contributed by atoms with van der Waals surface area (Å²) in [5.41, 5.74) is 0.713. The van der Waals surface area contributed by atoms with Gasteiger partial charge in [-0.1, -0.05) is 19.3 Å². The largest absolute Gasteiger partial charge is 0.475 e. The summed E-state index contributed by atoms with van der Waals surface area (Å²) in [6.45, 7) is 4.68. The molecule has 0 bridgehead atoms. The Morgan fingerprint density at radius 3 is 2.44 bits per heavy atom. The number of likely N-dealkylation sites (tertiary alicyclic amines) is 1. The van der Waals surface area contributed by atoms with E-state index in [0.29, 0.717) is 5.56 Å². The van der Waals surface area contributed by atoms with Crippen molar-refractivity contribution in [3.05, 3.63) is 23.2 Å². The van der Waals surface area contributed by atoms with E-state index < -0.39 is 5.97 Å². The molecule has 1 aliphatic rings. The summed E-state index contributed by atoms with van der Waals surface area (Å²) in [4.78, 5) is 13.3. The smallest absolute Gasteiger partial charge is 0.372 e. The molecule has 2 heterocycles. The molecule has 4 heteroatoms. The minimum atomic E-state index is -0.980. The molecule has 0 radical (unpaired) electrons. The van der Waals surface area contributed by atoms with E-state index in [1.54, 1.807) is 6.92 Å². The van der Waals surface area contributed by atoms with E-state index in [9.17, 15) is 4.79 Å². The number of aryl methyl sites for hydroxylation is 1. The van der Waals surface area contributed by atoms with Gasteiger partial charge in [0.25, 0.3) is 0 Å². The molecule has 1 aliphatic heterocycles. The third kappa shape index (κ3) is 3.35. The lowest BCUT2D eigenvalue weighted by molar-refractivity contribution is 0.0657. The van der Waals surface area contributed by atoms with E-state index in [4.69, 9.17) is 9.52 Å². The average Bonchev–Trinajstić information content (AvgIpc) is 2.63. The van der Waals surface area contributed by atoms with Crippen molar-refractivity contribution in [3.63, 3.8) is 0 Å². The van der Waals surface area contributed by atoms with Gasteiger partial charge in [-0.15, -0.1) is 0 Å². The normalized spacial score (nSPS) is 18.3. The van der Waals surface area contributed by atoms with Crippen molar-refractivity contribution in [1.82, 2.24) is 4.90 Å². The van der Waals surface area contributed by atoms with Gasteiger partial charge in [0, 0.05) is 5.56 Å². The van der Waals surface area contributed by atoms with Crippen LogP contribution in [-0.2, 0) is 6.54 Å². The highest BCUT2D eigenvalue weighted by atomic mass is 16.4. The van der Waals surface area contributed by atoms with Crippen molar-refractivity contribution in [1.29, 1.82) is 0 Å². The minimum absolute atomic E-state index is 0.0806. The predicted octanol–water partition coefficient (Wildman–Crippen LogP) is 3.05. The number of furan rings is 1. The fraction of sp³-hybridized carbons (Fsp3) is 0.643. The van der Waals surface area contributed by atoms with Gasteiger partial charge in [-0.3, -0.25) is 4.90 Å². The van der Waals surface area contributed by atoms with Crippen LogP contribution in [-0.4, -0.2) is 29.1 Å². The topological polar surface area (TPSA) is 53.7 Å². The third-order valence-corrected chi connectivity index (χ3v) is 3.49. The van der Waals surface area contributed by atoms with Gasteiger partial charge in [0.2, 0.25) is 5.76 Å². The molecule has 1 aromatic rings. The first kappa shape index (κ1) is 13.1. The Hall–Kier alpha value is -1.29. The monoisotopic (exact) mass is 251 g/mol. The molecule has 0 atom stereocenters. The highest BCUT2D eigenvalue weighted by molar-refractivity contribution is 5.86. The second kappa shape index (κ2) is 6.05. The molecule has 0 spiro atoms. The van der Waals surface area contributed by atoms with Crippen LogP contribution in [0.3, 0.4) is 0 Å². The van der Waals surface area contributed by atoms with Crippen LogP contribution in [0, 0.1) is 6.92 Å². The highest BCUT2D eigenvalue weighted by Gasteiger charge is 2.16. The first-order chi connectivity index (χ1) is 8.66. The van der Waals surface area contributed by atoms with Gasteiger partial charge in [0.15, 0.2) is 0 Å². The van der Waals surface area contributed by atoms with Crippen LogP contribution < -0.4 is 0 Å². The maximum absolute atomic E-state index is 10.9. The number of carboxylic acid groups (broad SMARTS) is 1. The quantitative estimate of drug-likeness (QED) is 0.897. The predicted molar refractivity (Wildman–Crippen MR) is 68.8 cm³/mol. The van der Waals surface area contributed by atoms with Gasteiger partial charge >= 0.3 is 5.97 Å². The molecule has 1 N–H and O–H groups in total. The molecule has 4 nitrogen and oxygen atoms in total. The number of rotatable bonds is 3. The van der Waals surface area contributed by atoms with Crippen LogP contribution in [0.1, 0.15) is 54.0 Å². The zero-order valence-corrected chi connectivity index (χ0v) is 10.9. The molecule has 0 aliphatic carbocycles. The summed E-state index contributed by atoms with van der Waals surface area (Å²) in [5.74, 6) is -0.131. The summed E-state index contributed by atoms with van der Waals surface area (Å²) in [7, 11) is 0. The first-order valence-corrected chi connectivity index (χ1v) is 6.72. The maximum Gasteiger partial charge on any atom is 0.372 e. The van der Waals surface area contributed by atoms with Gasteiger partial charge < -0.3 is 9.52 Å². The Morgan fingerprint density at radius 2 is 1.89 bits per heavy atom. The van der Waals surface area contributed by atoms with Crippen LogP contribution in [0.4, 0.5) is 0 Å². The lowest BCUT2D eigenvalue weighted by atomic mass is 10.1. The van der Waals surface area contributed by atoms with Crippen LogP contribution >= 0.6 is 0 Å². The molecule has 0 amide bonds. The second-order valence-corrected chi connectivity index (χ2v) is 5.07. The van der Waals surface area contributed by atoms with Crippen molar-refractivity contribution in [2.75, 3.05) is 13.1 Å². The van der Waals surface area contributed by atoms with Crippen LogP contribution in [0.5, 0.6) is 0 Å². The Morgan fingerprint density at radius 1 is 1.28 bits per heavy atom. The number of hydrogen-bond donors (Lipinski definition) is 1. The van der Waals surface area contributed by atoms with Gasteiger partial charge in [-0.05, 0) is 38.9 Å². The number of aromatic carboxylic acids is 1. The van der Waals surface area contributed by atoms with Crippen molar-refractivity contribution >= 4 is 5.97 Å². The molecule has 2 rings (SSSR count). The first-order valence-electron chi connectivity index (χ1n) is 6.72. The van der Waals surface area contributed by atoms with Crippen molar-refractivity contribution in [2.24, 2.45) is 0 Å². The number of carbonyl (C=O) groups is 1. The average molecular weight is 251 g/mol. The van der Waals surface area contributed by atoms with Crippen molar-refractivity contribution < 1.29 is 14.3 Å². The van der Waals surface area contributed by atoms with E-state index in [-0.39, 0.29) is 5.76 Å². The van der Waals surface area contributed by atoms with Gasteiger partial charge in [-0.25, -0.2) is 4.79 Å². The molecule has 0 aromatic carbocycles. The Bertz CT molecular complexity index is 403. The maximum atomic E-state index is 10.9. The third-order valence-electron chi connectivity index (χ3n) is 3.49. The molecule has 0 saturated carbocycles. The van der Waals surface area contributed by atoms with Gasteiger partial charge in [0.1, 0.15) is 5.76 Å². The number of hydrogen-bond acceptors (Lipinski definition) is 3. The Kier molecular flexibility index (Phi) is 4.42. The minimum Gasteiger partial charge on any atom is -0.475 e. The van der Waals surface area contributed by atoms with Gasteiger partial charge in [0.05, 0.1) is 6.54 Å². The molecule has 0 unspecified atom stereocenters. The summed E-state index contributed by atoms with van der Waals surface area (Å²) < 4.78 is 5.41. The summed E-state index contributed by atoms with van der Waals surface area (Å²) in [5, 5.41) is 8.96. The van der Waals surface area contributed by atoms with Crippen LogP contribution in [0.15, 0.2) is 10.5 Å². The fourth-order valence-corrected chi connectivity index (χ4v) is 2.53. The van der Waals surface area contributed by atoms with E-state index in [2.05, 4.69) is 4.90 Å². The summed E-state index contributed by atoms with van der Waals surface area (Å²) in [6, 6.07) is 1.85. The summed E-state index contributed by atoms with van der Waals surface area (Å²) >= 11 is 0. The fourth-order valence-electron chi connectivity index (χ4n) is 2.53. The highest BCUT2D eigenvalue weighted by Crippen LogP contribution is 2.18. The number of carboxylic acids is 1. The lowest BCUT2D eigenvalue weighted by Gasteiger charge is -2.23. The second-order valence-electron chi connectivity index (χ2n) is 5.07. The van der Waals surface area contributed by atoms with Crippen molar-refractivity contribution in [3.8, 4) is 0 Å². The van der Waals surface area contributed by atoms with Crippen molar-refractivity contribution in [2.45, 2.75) is 45.6 Å².